The number of nitrogens with two attached hydrogens (primary N) is 1. The molecule has 0 atom stereocenters. The highest BCUT2D eigenvalue weighted by Crippen LogP contribution is 2.22. The molecule has 1 rings (SSSR count). The molecule has 0 aliphatic heterocycles. The molecule has 0 unspecified atom stereocenters. The highest BCUT2D eigenvalue weighted by atomic mass is 16.1. The maximum absolute atomic E-state index is 11.7. The van der Waals surface area contributed by atoms with E-state index in [1.807, 2.05) is 13.0 Å². The minimum absolute atomic E-state index is 0.0849. The fourth-order valence-corrected chi connectivity index (χ4v) is 1.81. The van der Waals surface area contributed by atoms with Crippen molar-refractivity contribution >= 4 is 17.3 Å². The van der Waals surface area contributed by atoms with Gasteiger partial charge in [-0.2, -0.15) is 0 Å². The number of amides is 1. The Morgan fingerprint density at radius 3 is 2.44 bits per heavy atom. The van der Waals surface area contributed by atoms with E-state index in [2.05, 4.69) is 24.5 Å². The molecular weight excluding hydrogens is 226 g/mol. The molecular formula is C14H23N3O. The first-order chi connectivity index (χ1) is 8.62. The Labute approximate surface area is 109 Å². The van der Waals surface area contributed by atoms with Gasteiger partial charge in [-0.15, -0.1) is 0 Å². The third-order valence-corrected chi connectivity index (χ3v) is 3.00. The summed E-state index contributed by atoms with van der Waals surface area (Å²) in [6.07, 6.45) is 2.10. The fraction of sp³-hybridized carbons (Fsp3) is 0.500. The van der Waals surface area contributed by atoms with E-state index in [9.17, 15) is 4.79 Å². The second-order valence-electron chi connectivity index (χ2n) is 4.32. The summed E-state index contributed by atoms with van der Waals surface area (Å²) in [4.78, 5) is 11.7. The van der Waals surface area contributed by atoms with Crippen molar-refractivity contribution in [1.82, 2.24) is 5.32 Å². The van der Waals surface area contributed by atoms with Crippen molar-refractivity contribution in [2.75, 3.05) is 17.6 Å². The molecule has 0 aliphatic carbocycles. The highest BCUT2D eigenvalue weighted by Gasteiger charge is 2.09. The van der Waals surface area contributed by atoms with Crippen LogP contribution in [0.25, 0.3) is 0 Å². The van der Waals surface area contributed by atoms with E-state index in [0.29, 0.717) is 23.8 Å². The van der Waals surface area contributed by atoms with Crippen LogP contribution in [-0.4, -0.2) is 18.5 Å². The summed E-state index contributed by atoms with van der Waals surface area (Å²) in [6, 6.07) is 5.81. The first-order valence-corrected chi connectivity index (χ1v) is 6.56. The number of anilines is 2. The molecule has 0 fully saturated rings. The number of nitrogen functional groups attached to an aromatic ring is 1. The molecule has 0 spiro atoms. The largest absolute Gasteiger partial charge is 0.397 e. The lowest BCUT2D eigenvalue weighted by molar-refractivity contribution is 0.0956. The molecule has 0 radical (unpaired) electrons. The Hall–Kier alpha value is -1.71. The van der Waals surface area contributed by atoms with Gasteiger partial charge in [0.1, 0.15) is 0 Å². The van der Waals surface area contributed by atoms with Crippen molar-refractivity contribution in [3.8, 4) is 0 Å². The molecule has 18 heavy (non-hydrogen) atoms. The summed E-state index contributed by atoms with van der Waals surface area (Å²) in [7, 11) is 0. The summed E-state index contributed by atoms with van der Waals surface area (Å²) in [5.74, 6) is -0.0849. The van der Waals surface area contributed by atoms with E-state index in [4.69, 9.17) is 5.73 Å². The molecule has 100 valence electrons. The molecule has 1 aromatic carbocycles. The summed E-state index contributed by atoms with van der Waals surface area (Å²) in [5, 5.41) is 6.14. The number of carbonyl (C=O) groups excluding carboxylic acids is 1. The summed E-state index contributed by atoms with van der Waals surface area (Å²) in [6.45, 7) is 6.79. The van der Waals surface area contributed by atoms with Gasteiger partial charge in [-0.05, 0) is 38.0 Å². The maximum Gasteiger partial charge on any atom is 0.251 e. The molecule has 1 amide bonds. The van der Waals surface area contributed by atoms with Crippen LogP contribution in [0.1, 0.15) is 44.0 Å². The van der Waals surface area contributed by atoms with Gasteiger partial charge in [0.2, 0.25) is 0 Å². The number of benzene rings is 1. The van der Waals surface area contributed by atoms with Crippen LogP contribution in [0, 0.1) is 0 Å². The Morgan fingerprint density at radius 1 is 1.28 bits per heavy atom. The monoisotopic (exact) mass is 249 g/mol. The van der Waals surface area contributed by atoms with Gasteiger partial charge in [0.15, 0.2) is 0 Å². The zero-order valence-corrected chi connectivity index (χ0v) is 11.4. The third kappa shape index (κ3) is 3.65. The Bertz CT molecular complexity index is 400. The lowest BCUT2D eigenvalue weighted by atomic mass is 10.1. The predicted octanol–water partition coefficient (Wildman–Crippen LogP) is 2.62. The number of hydrogen-bond donors (Lipinski definition) is 3. The van der Waals surface area contributed by atoms with Crippen molar-refractivity contribution in [3.05, 3.63) is 23.8 Å². The van der Waals surface area contributed by atoms with E-state index >= 15 is 0 Å². The van der Waals surface area contributed by atoms with Crippen LogP contribution in [0.5, 0.6) is 0 Å². The Morgan fingerprint density at radius 2 is 1.94 bits per heavy atom. The molecule has 4 N–H and O–H groups in total. The lowest BCUT2D eigenvalue weighted by Crippen LogP contribution is -2.23. The normalized spacial score (nSPS) is 10.4. The summed E-state index contributed by atoms with van der Waals surface area (Å²) < 4.78 is 0. The van der Waals surface area contributed by atoms with Gasteiger partial charge in [-0.25, -0.2) is 0 Å². The van der Waals surface area contributed by atoms with Crippen molar-refractivity contribution < 1.29 is 4.79 Å². The van der Waals surface area contributed by atoms with Crippen molar-refractivity contribution in [3.63, 3.8) is 0 Å². The molecule has 0 heterocycles. The van der Waals surface area contributed by atoms with Gasteiger partial charge in [0, 0.05) is 18.2 Å². The minimum Gasteiger partial charge on any atom is -0.397 e. The third-order valence-electron chi connectivity index (χ3n) is 3.00. The van der Waals surface area contributed by atoms with E-state index in [1.54, 1.807) is 12.1 Å². The molecule has 4 nitrogen and oxygen atoms in total. The zero-order valence-electron chi connectivity index (χ0n) is 11.4. The Balaban J connectivity index is 2.82. The van der Waals surface area contributed by atoms with Crippen LogP contribution >= 0.6 is 0 Å². The molecule has 0 aromatic heterocycles. The van der Waals surface area contributed by atoms with Gasteiger partial charge < -0.3 is 16.4 Å². The second-order valence-corrected chi connectivity index (χ2v) is 4.32. The first kappa shape index (κ1) is 14.4. The van der Waals surface area contributed by atoms with Crippen LogP contribution in [0.2, 0.25) is 0 Å². The van der Waals surface area contributed by atoms with Gasteiger partial charge in [-0.3, -0.25) is 4.79 Å². The second kappa shape index (κ2) is 6.89. The lowest BCUT2D eigenvalue weighted by Gasteiger charge is -2.18. The van der Waals surface area contributed by atoms with E-state index in [0.717, 1.165) is 18.5 Å². The average Bonchev–Trinajstić information content (AvgIpc) is 2.37. The van der Waals surface area contributed by atoms with Crippen LogP contribution in [0.4, 0.5) is 11.4 Å². The van der Waals surface area contributed by atoms with Gasteiger partial charge in [0.25, 0.3) is 5.91 Å². The highest BCUT2D eigenvalue weighted by molar-refractivity contribution is 5.96. The van der Waals surface area contributed by atoms with E-state index < -0.39 is 0 Å². The smallest absolute Gasteiger partial charge is 0.251 e. The number of carbonyl (C=O) groups is 1. The van der Waals surface area contributed by atoms with Crippen LogP contribution in [0.15, 0.2) is 18.2 Å². The average molecular weight is 249 g/mol. The molecule has 0 aliphatic rings. The van der Waals surface area contributed by atoms with Gasteiger partial charge in [0.05, 0.1) is 11.4 Å². The molecule has 0 saturated heterocycles. The molecule has 0 saturated carbocycles. The standard InChI is InChI=1S/C14H23N3O/c1-4-11(5-2)17-13-8-7-10(9-12(13)15)14(18)16-6-3/h7-9,11,17H,4-6,15H2,1-3H3,(H,16,18). The minimum atomic E-state index is -0.0849. The zero-order chi connectivity index (χ0) is 13.5. The van der Waals surface area contributed by atoms with Crippen molar-refractivity contribution in [1.29, 1.82) is 0 Å². The van der Waals surface area contributed by atoms with Gasteiger partial charge >= 0.3 is 0 Å². The number of rotatable bonds is 6. The maximum atomic E-state index is 11.7. The van der Waals surface area contributed by atoms with Crippen molar-refractivity contribution in [2.45, 2.75) is 39.7 Å². The summed E-state index contributed by atoms with van der Waals surface area (Å²) in [5.41, 5.74) is 8.09. The quantitative estimate of drug-likeness (QED) is 0.679. The topological polar surface area (TPSA) is 67.2 Å². The van der Waals surface area contributed by atoms with Crippen molar-refractivity contribution in [2.24, 2.45) is 0 Å². The SMILES string of the molecule is CCNC(=O)c1ccc(NC(CC)CC)c(N)c1. The number of hydrogen-bond acceptors (Lipinski definition) is 3. The molecule has 1 aromatic rings. The Kier molecular flexibility index (Phi) is 5.49. The molecule has 4 heteroatoms. The fourth-order valence-electron chi connectivity index (χ4n) is 1.81. The van der Waals surface area contributed by atoms with E-state index in [1.165, 1.54) is 0 Å². The van der Waals surface area contributed by atoms with Crippen LogP contribution < -0.4 is 16.4 Å². The van der Waals surface area contributed by atoms with Gasteiger partial charge in [-0.1, -0.05) is 13.8 Å². The predicted molar refractivity (Wildman–Crippen MR) is 76.9 cm³/mol. The van der Waals surface area contributed by atoms with Crippen LogP contribution in [0.3, 0.4) is 0 Å². The number of nitrogens with one attached hydrogen (secondary N) is 2. The summed E-state index contributed by atoms with van der Waals surface area (Å²) >= 11 is 0. The molecule has 0 bridgehead atoms. The van der Waals surface area contributed by atoms with E-state index in [-0.39, 0.29) is 5.91 Å². The van der Waals surface area contributed by atoms with Crippen LogP contribution in [-0.2, 0) is 0 Å². The first-order valence-electron chi connectivity index (χ1n) is 6.56.